The van der Waals surface area contributed by atoms with Crippen molar-refractivity contribution in [2.45, 2.75) is 30.3 Å². The van der Waals surface area contributed by atoms with E-state index < -0.39 is 0 Å². The zero-order chi connectivity index (χ0) is 11.6. The maximum absolute atomic E-state index is 5.86. The Kier molecular flexibility index (Phi) is 3.35. The van der Waals surface area contributed by atoms with E-state index in [-0.39, 0.29) is 5.54 Å². The molecule has 0 radical (unpaired) electrons. The van der Waals surface area contributed by atoms with Crippen molar-refractivity contribution in [3.63, 3.8) is 0 Å². The Morgan fingerprint density at radius 3 is 2.88 bits per heavy atom. The van der Waals surface area contributed by atoms with Gasteiger partial charge in [0.25, 0.3) is 0 Å². The van der Waals surface area contributed by atoms with Gasteiger partial charge in [0, 0.05) is 12.6 Å². The van der Waals surface area contributed by atoms with Crippen LogP contribution in [0.2, 0.25) is 0 Å². The zero-order valence-electron chi connectivity index (χ0n) is 9.73. The number of nitrogens with one attached hydrogen (secondary N) is 1. The average molecular weight is 238 g/mol. The fourth-order valence-corrected chi connectivity index (χ4v) is 2.23. The number of rotatable bonds is 5. The first-order chi connectivity index (χ1) is 7.68. The molecule has 1 aromatic heterocycles. The molecule has 0 aromatic carbocycles. The maximum Gasteiger partial charge on any atom is 0.130 e. The van der Waals surface area contributed by atoms with Crippen LogP contribution >= 0.6 is 11.8 Å². The highest BCUT2D eigenvalue weighted by Crippen LogP contribution is 2.40. The summed E-state index contributed by atoms with van der Waals surface area (Å²) in [6.07, 6.45) is 6.13. The third kappa shape index (κ3) is 2.47. The number of hydrogen-bond donors (Lipinski definition) is 2. The monoisotopic (exact) mass is 238 g/mol. The van der Waals surface area contributed by atoms with Crippen LogP contribution < -0.4 is 11.1 Å². The van der Waals surface area contributed by atoms with Crippen molar-refractivity contribution in [2.24, 2.45) is 11.7 Å². The molecule has 88 valence electrons. The molecule has 1 fully saturated rings. The maximum atomic E-state index is 5.86. The minimum absolute atomic E-state index is 0.0238. The lowest BCUT2D eigenvalue weighted by Crippen LogP contribution is -2.44. The molecule has 0 aliphatic heterocycles. The molecule has 2 rings (SSSR count). The largest absolute Gasteiger partial charge is 0.363 e. The standard InChI is InChI=1S/C11H18N4S/c1-11(6-12,8-3-4-8)15-9-5-10(16-2)14-7-13-9/h5,7-8H,3-4,6,12H2,1-2H3,(H,13,14,15). The van der Waals surface area contributed by atoms with E-state index in [4.69, 9.17) is 5.73 Å². The second kappa shape index (κ2) is 4.59. The van der Waals surface area contributed by atoms with Crippen LogP contribution in [0.1, 0.15) is 19.8 Å². The molecular formula is C11H18N4S. The highest BCUT2D eigenvalue weighted by atomic mass is 32.2. The van der Waals surface area contributed by atoms with Gasteiger partial charge in [-0.15, -0.1) is 11.8 Å². The van der Waals surface area contributed by atoms with Gasteiger partial charge < -0.3 is 11.1 Å². The van der Waals surface area contributed by atoms with Gasteiger partial charge in [-0.2, -0.15) is 0 Å². The lowest BCUT2D eigenvalue weighted by molar-refractivity contribution is 0.457. The predicted molar refractivity (Wildman–Crippen MR) is 67.6 cm³/mol. The van der Waals surface area contributed by atoms with Crippen LogP contribution in [-0.2, 0) is 0 Å². The Balaban J connectivity index is 2.12. The highest BCUT2D eigenvalue weighted by Gasteiger charge is 2.40. The third-order valence-electron chi connectivity index (χ3n) is 3.17. The number of hydrogen-bond acceptors (Lipinski definition) is 5. The first kappa shape index (κ1) is 11.7. The Morgan fingerprint density at radius 2 is 2.31 bits per heavy atom. The van der Waals surface area contributed by atoms with Crippen LogP contribution in [0, 0.1) is 5.92 Å². The molecule has 3 N–H and O–H groups in total. The fraction of sp³-hybridized carbons (Fsp3) is 0.636. The van der Waals surface area contributed by atoms with Crippen molar-refractivity contribution in [1.82, 2.24) is 9.97 Å². The topological polar surface area (TPSA) is 63.8 Å². The molecule has 1 aliphatic rings. The van der Waals surface area contributed by atoms with Gasteiger partial charge >= 0.3 is 0 Å². The SMILES string of the molecule is CSc1cc(NC(C)(CN)C2CC2)ncn1. The molecule has 16 heavy (non-hydrogen) atoms. The molecule has 1 aromatic rings. The number of aromatic nitrogens is 2. The summed E-state index contributed by atoms with van der Waals surface area (Å²) in [5.74, 6) is 1.56. The normalized spacial score (nSPS) is 19.2. The van der Waals surface area contributed by atoms with Gasteiger partial charge in [0.2, 0.25) is 0 Å². The second-order valence-corrected chi connectivity index (χ2v) is 5.29. The molecular weight excluding hydrogens is 220 g/mol. The summed E-state index contributed by atoms with van der Waals surface area (Å²) in [5, 5.41) is 4.43. The third-order valence-corrected chi connectivity index (χ3v) is 3.81. The summed E-state index contributed by atoms with van der Waals surface area (Å²) in [7, 11) is 0. The van der Waals surface area contributed by atoms with E-state index in [0.717, 1.165) is 10.8 Å². The smallest absolute Gasteiger partial charge is 0.130 e. The number of thioether (sulfide) groups is 1. The Hall–Kier alpha value is -0.810. The van der Waals surface area contributed by atoms with Gasteiger partial charge in [0.1, 0.15) is 17.2 Å². The fourth-order valence-electron chi connectivity index (χ4n) is 1.85. The van der Waals surface area contributed by atoms with Crippen LogP contribution in [-0.4, -0.2) is 28.3 Å². The number of nitrogens with two attached hydrogens (primary N) is 1. The van der Waals surface area contributed by atoms with Crippen molar-refractivity contribution in [1.29, 1.82) is 0 Å². The van der Waals surface area contributed by atoms with Crippen molar-refractivity contribution in [2.75, 3.05) is 18.1 Å². The molecule has 1 aliphatic carbocycles. The van der Waals surface area contributed by atoms with E-state index in [9.17, 15) is 0 Å². The minimum atomic E-state index is -0.0238. The van der Waals surface area contributed by atoms with Crippen LogP contribution in [0.4, 0.5) is 5.82 Å². The molecule has 5 heteroatoms. The van der Waals surface area contributed by atoms with Crippen LogP contribution in [0.5, 0.6) is 0 Å². The van der Waals surface area contributed by atoms with E-state index in [1.807, 2.05) is 12.3 Å². The molecule has 0 saturated heterocycles. The van der Waals surface area contributed by atoms with Crippen molar-refractivity contribution in [3.8, 4) is 0 Å². The van der Waals surface area contributed by atoms with Crippen molar-refractivity contribution in [3.05, 3.63) is 12.4 Å². The van der Waals surface area contributed by atoms with Crippen LogP contribution in [0.25, 0.3) is 0 Å². The van der Waals surface area contributed by atoms with Crippen molar-refractivity contribution < 1.29 is 0 Å². The molecule has 1 saturated carbocycles. The van der Waals surface area contributed by atoms with Crippen LogP contribution in [0.15, 0.2) is 17.4 Å². The lowest BCUT2D eigenvalue weighted by Gasteiger charge is -2.30. The average Bonchev–Trinajstić information content (AvgIpc) is 3.13. The molecule has 4 nitrogen and oxygen atoms in total. The molecule has 1 heterocycles. The Labute approximate surface area is 100 Å². The molecule has 1 unspecified atom stereocenters. The zero-order valence-corrected chi connectivity index (χ0v) is 10.5. The van der Waals surface area contributed by atoms with Gasteiger partial charge in [-0.1, -0.05) is 0 Å². The van der Waals surface area contributed by atoms with E-state index in [2.05, 4.69) is 22.2 Å². The minimum Gasteiger partial charge on any atom is -0.363 e. The van der Waals surface area contributed by atoms with Gasteiger partial charge in [0.05, 0.1) is 5.54 Å². The van der Waals surface area contributed by atoms with E-state index in [1.54, 1.807) is 18.1 Å². The van der Waals surface area contributed by atoms with Gasteiger partial charge in [-0.05, 0) is 31.9 Å². The second-order valence-electron chi connectivity index (χ2n) is 4.47. The van der Waals surface area contributed by atoms with Gasteiger partial charge in [0.15, 0.2) is 0 Å². The first-order valence-corrected chi connectivity index (χ1v) is 6.75. The predicted octanol–water partition coefficient (Wildman–Crippen LogP) is 1.74. The van der Waals surface area contributed by atoms with Crippen molar-refractivity contribution >= 4 is 17.6 Å². The van der Waals surface area contributed by atoms with E-state index in [1.165, 1.54) is 12.8 Å². The summed E-state index contributed by atoms with van der Waals surface area (Å²) < 4.78 is 0. The lowest BCUT2D eigenvalue weighted by atomic mass is 9.96. The quantitative estimate of drug-likeness (QED) is 0.604. The molecule has 0 bridgehead atoms. The molecule has 1 atom stereocenters. The van der Waals surface area contributed by atoms with Gasteiger partial charge in [-0.3, -0.25) is 0 Å². The van der Waals surface area contributed by atoms with E-state index in [0.29, 0.717) is 12.5 Å². The summed E-state index contributed by atoms with van der Waals surface area (Å²) in [5.41, 5.74) is 5.83. The Bertz CT molecular complexity index is 367. The molecule has 0 amide bonds. The first-order valence-electron chi connectivity index (χ1n) is 5.52. The van der Waals surface area contributed by atoms with E-state index >= 15 is 0 Å². The number of anilines is 1. The summed E-state index contributed by atoms with van der Waals surface area (Å²) >= 11 is 1.62. The summed E-state index contributed by atoms with van der Waals surface area (Å²) in [6, 6.07) is 1.97. The summed E-state index contributed by atoms with van der Waals surface area (Å²) in [6.45, 7) is 2.81. The van der Waals surface area contributed by atoms with Gasteiger partial charge in [-0.25, -0.2) is 9.97 Å². The summed E-state index contributed by atoms with van der Waals surface area (Å²) in [4.78, 5) is 8.39. The Morgan fingerprint density at radius 1 is 1.56 bits per heavy atom. The molecule has 0 spiro atoms. The highest BCUT2D eigenvalue weighted by molar-refractivity contribution is 7.98. The van der Waals surface area contributed by atoms with Crippen LogP contribution in [0.3, 0.4) is 0 Å². The number of nitrogens with zero attached hydrogens (tertiary/aromatic N) is 2.